The number of carbonyl (C=O) groups excluding carboxylic acids is 1. The van der Waals surface area contributed by atoms with E-state index in [1.165, 1.54) is 6.42 Å². The van der Waals surface area contributed by atoms with E-state index in [0.717, 1.165) is 25.7 Å². The summed E-state index contributed by atoms with van der Waals surface area (Å²) >= 11 is 0. The van der Waals surface area contributed by atoms with E-state index in [1.54, 1.807) is 37.0 Å². The van der Waals surface area contributed by atoms with Crippen LogP contribution in [0.5, 0.6) is 0 Å². The zero-order valence-corrected chi connectivity index (χ0v) is 16.5. The van der Waals surface area contributed by atoms with E-state index < -0.39 is 12.5 Å². The second-order valence-corrected chi connectivity index (χ2v) is 7.32. The Morgan fingerprint density at radius 3 is 2.46 bits per heavy atom. The molecule has 0 unspecified atom stereocenters. The molecule has 1 aliphatic carbocycles. The molecule has 1 saturated carbocycles. The van der Waals surface area contributed by atoms with Gasteiger partial charge >= 0.3 is 0 Å². The number of imidazole rings is 1. The lowest BCUT2D eigenvalue weighted by Crippen LogP contribution is -2.37. The molecule has 1 aliphatic rings. The molecule has 2 aromatic heterocycles. The number of amides is 1. The highest BCUT2D eigenvalue weighted by atomic mass is 19.3. The first-order chi connectivity index (χ1) is 13.3. The molecule has 1 amide bonds. The van der Waals surface area contributed by atoms with Gasteiger partial charge in [-0.2, -0.15) is 0 Å². The molecule has 28 heavy (non-hydrogen) atoms. The number of hydrogen-bond acceptors (Lipinski definition) is 5. The molecule has 0 radical (unpaired) electrons. The molecule has 154 valence electrons. The number of aromatic nitrogens is 4. The van der Waals surface area contributed by atoms with Crippen LogP contribution in [-0.2, 0) is 12.6 Å². The second kappa shape index (κ2) is 9.68. The predicted molar refractivity (Wildman–Crippen MR) is 101 cm³/mol. The standard InChI is InChI=1S/C18H25N5O2.CH2F2/c1-18(2,25)15-9-13(17(24)20-12-7-5-4-6-8-12)21-16(22-15)14-10-19-11-23(14)3;2-1-3/h9-12,25H,4-8H2,1-3H3,(H,20,24);1H2. The molecule has 0 spiro atoms. The molecule has 3 rings (SSSR count). The minimum absolute atomic E-state index is 0.196. The molecule has 9 heteroatoms. The van der Waals surface area contributed by atoms with Crippen LogP contribution in [0.25, 0.3) is 11.5 Å². The summed E-state index contributed by atoms with van der Waals surface area (Å²) in [6.45, 7) is 1.54. The first-order valence-corrected chi connectivity index (χ1v) is 9.27. The maximum Gasteiger partial charge on any atom is 0.270 e. The number of rotatable bonds is 4. The van der Waals surface area contributed by atoms with Crippen molar-refractivity contribution < 1.29 is 18.7 Å². The Morgan fingerprint density at radius 2 is 1.93 bits per heavy atom. The zero-order valence-electron chi connectivity index (χ0n) is 16.5. The third-order valence-corrected chi connectivity index (χ3v) is 4.57. The van der Waals surface area contributed by atoms with Crippen molar-refractivity contribution in [1.82, 2.24) is 24.8 Å². The summed E-state index contributed by atoms with van der Waals surface area (Å²) in [5.74, 6) is 0.164. The SMILES string of the molecule is Cn1cncc1-c1nc(C(=O)NC2CCCCC2)cc(C(C)(C)O)n1.FCF. The van der Waals surface area contributed by atoms with E-state index in [1.807, 2.05) is 7.05 Å². The van der Waals surface area contributed by atoms with Crippen molar-refractivity contribution in [3.8, 4) is 11.5 Å². The Kier molecular flexibility index (Phi) is 7.56. The lowest BCUT2D eigenvalue weighted by molar-refractivity contribution is 0.0735. The van der Waals surface area contributed by atoms with Gasteiger partial charge < -0.3 is 15.0 Å². The van der Waals surface area contributed by atoms with Crippen LogP contribution in [-0.4, -0.2) is 43.5 Å². The smallest absolute Gasteiger partial charge is 0.270 e. The molecule has 2 N–H and O–H groups in total. The molecule has 2 aromatic rings. The van der Waals surface area contributed by atoms with E-state index in [0.29, 0.717) is 17.2 Å². The highest BCUT2D eigenvalue weighted by Gasteiger charge is 2.24. The Labute approximate surface area is 163 Å². The first-order valence-electron chi connectivity index (χ1n) is 9.27. The van der Waals surface area contributed by atoms with Gasteiger partial charge in [0.05, 0.1) is 18.2 Å². The molecule has 0 bridgehead atoms. The maximum atomic E-state index is 12.7. The van der Waals surface area contributed by atoms with Crippen LogP contribution in [0.3, 0.4) is 0 Å². The van der Waals surface area contributed by atoms with E-state index in [4.69, 9.17) is 0 Å². The van der Waals surface area contributed by atoms with E-state index >= 15 is 0 Å². The lowest BCUT2D eigenvalue weighted by atomic mass is 9.95. The average molecular weight is 395 g/mol. The number of alkyl halides is 2. The molecule has 0 aliphatic heterocycles. The van der Waals surface area contributed by atoms with E-state index in [9.17, 15) is 18.7 Å². The van der Waals surface area contributed by atoms with E-state index in [2.05, 4.69) is 20.3 Å². The minimum atomic E-state index is -1.75. The zero-order chi connectivity index (χ0) is 20.7. The van der Waals surface area contributed by atoms with Crippen LogP contribution >= 0.6 is 0 Å². The predicted octanol–water partition coefficient (Wildman–Crippen LogP) is 3.05. The molecule has 0 saturated heterocycles. The number of aryl methyl sites for hydroxylation is 1. The highest BCUT2D eigenvalue weighted by Crippen LogP contribution is 2.23. The van der Waals surface area contributed by atoms with Gasteiger partial charge in [0.1, 0.15) is 17.0 Å². The first kappa shape index (κ1) is 21.9. The Balaban J connectivity index is 0.000000878. The summed E-state index contributed by atoms with van der Waals surface area (Å²) in [6, 6.07) is 1.76. The number of hydrogen-bond donors (Lipinski definition) is 2. The topological polar surface area (TPSA) is 92.9 Å². The van der Waals surface area contributed by atoms with Crippen molar-refractivity contribution in [1.29, 1.82) is 0 Å². The van der Waals surface area contributed by atoms with Gasteiger partial charge in [-0.3, -0.25) is 4.79 Å². The van der Waals surface area contributed by atoms with Gasteiger partial charge in [0.15, 0.2) is 5.82 Å². The van der Waals surface area contributed by atoms with Crippen molar-refractivity contribution in [3.05, 3.63) is 30.0 Å². The van der Waals surface area contributed by atoms with Crippen LogP contribution in [0.15, 0.2) is 18.6 Å². The normalized spacial score (nSPS) is 14.9. The van der Waals surface area contributed by atoms with Gasteiger partial charge in [0.25, 0.3) is 5.91 Å². The van der Waals surface area contributed by atoms with Crippen molar-refractivity contribution in [2.24, 2.45) is 7.05 Å². The summed E-state index contributed by atoms with van der Waals surface area (Å²) in [4.78, 5) is 25.6. The van der Waals surface area contributed by atoms with Gasteiger partial charge in [0.2, 0.25) is 6.93 Å². The summed E-state index contributed by atoms with van der Waals surface area (Å²) in [6.07, 6.45) is 8.82. The maximum absolute atomic E-state index is 12.7. The fraction of sp³-hybridized carbons (Fsp3) is 0.579. The molecule has 7 nitrogen and oxygen atoms in total. The lowest BCUT2D eigenvalue weighted by Gasteiger charge is -2.23. The Morgan fingerprint density at radius 1 is 1.29 bits per heavy atom. The number of halogens is 2. The third-order valence-electron chi connectivity index (χ3n) is 4.57. The van der Waals surface area contributed by atoms with Crippen LogP contribution in [0.2, 0.25) is 0 Å². The number of carbonyl (C=O) groups is 1. The van der Waals surface area contributed by atoms with Gasteiger partial charge in [-0.15, -0.1) is 0 Å². The van der Waals surface area contributed by atoms with Crippen LogP contribution in [0, 0.1) is 0 Å². The molecule has 0 aromatic carbocycles. The van der Waals surface area contributed by atoms with Crippen molar-refractivity contribution >= 4 is 5.91 Å². The highest BCUT2D eigenvalue weighted by molar-refractivity contribution is 5.93. The summed E-state index contributed by atoms with van der Waals surface area (Å²) in [5, 5.41) is 13.4. The van der Waals surface area contributed by atoms with Crippen molar-refractivity contribution in [2.75, 3.05) is 6.93 Å². The van der Waals surface area contributed by atoms with Gasteiger partial charge in [-0.05, 0) is 32.8 Å². The monoisotopic (exact) mass is 395 g/mol. The number of nitrogens with one attached hydrogen (secondary N) is 1. The second-order valence-electron chi connectivity index (χ2n) is 7.32. The fourth-order valence-electron chi connectivity index (χ4n) is 3.07. The van der Waals surface area contributed by atoms with Gasteiger partial charge in [-0.1, -0.05) is 19.3 Å². The fourth-order valence-corrected chi connectivity index (χ4v) is 3.07. The Bertz CT molecular complexity index is 783. The van der Waals surface area contributed by atoms with E-state index in [-0.39, 0.29) is 17.6 Å². The summed E-state index contributed by atoms with van der Waals surface area (Å²) in [7, 11) is 1.84. The molecular weight excluding hydrogens is 368 g/mol. The molecule has 0 atom stereocenters. The quantitative estimate of drug-likeness (QED) is 0.830. The molecule has 2 heterocycles. The minimum Gasteiger partial charge on any atom is -0.384 e. The van der Waals surface area contributed by atoms with Crippen molar-refractivity contribution in [3.63, 3.8) is 0 Å². The molecule has 1 fully saturated rings. The van der Waals surface area contributed by atoms with Crippen LogP contribution < -0.4 is 5.32 Å². The molecular formula is C19H27F2N5O2. The third kappa shape index (κ3) is 5.79. The van der Waals surface area contributed by atoms with Gasteiger partial charge in [0, 0.05) is 13.1 Å². The number of aliphatic hydroxyl groups is 1. The van der Waals surface area contributed by atoms with Crippen molar-refractivity contribution in [2.45, 2.75) is 57.6 Å². The number of nitrogens with zero attached hydrogens (tertiary/aromatic N) is 4. The largest absolute Gasteiger partial charge is 0.384 e. The van der Waals surface area contributed by atoms with Gasteiger partial charge in [-0.25, -0.2) is 23.7 Å². The van der Waals surface area contributed by atoms with Crippen LogP contribution in [0.1, 0.15) is 62.1 Å². The summed E-state index contributed by atoms with van der Waals surface area (Å²) in [5.41, 5.74) is 0.204. The Hall–Kier alpha value is -2.42. The average Bonchev–Trinajstić information content (AvgIpc) is 3.08. The summed E-state index contributed by atoms with van der Waals surface area (Å²) < 4.78 is 21.0. The van der Waals surface area contributed by atoms with Crippen LogP contribution in [0.4, 0.5) is 8.78 Å².